The molecule has 0 saturated carbocycles. The Labute approximate surface area is 88.8 Å². The van der Waals surface area contributed by atoms with E-state index in [1.54, 1.807) is 19.0 Å². The summed E-state index contributed by atoms with van der Waals surface area (Å²) in [6, 6.07) is 0. The first-order chi connectivity index (χ1) is 7.13. The first-order valence-corrected chi connectivity index (χ1v) is 5.20. The number of anilines is 2. The second kappa shape index (κ2) is 3.68. The van der Waals surface area contributed by atoms with Crippen molar-refractivity contribution in [3.8, 4) is 0 Å². The van der Waals surface area contributed by atoms with Crippen LogP contribution in [0.3, 0.4) is 0 Å². The molecule has 0 bridgehead atoms. The van der Waals surface area contributed by atoms with Gasteiger partial charge in [-0.15, -0.1) is 0 Å². The number of hydrogen-bond donors (Lipinski definition) is 0. The third kappa shape index (κ3) is 1.54. The van der Waals surface area contributed by atoms with Gasteiger partial charge in [0.25, 0.3) is 10.9 Å². The van der Waals surface area contributed by atoms with Gasteiger partial charge < -0.3 is 9.80 Å². The summed E-state index contributed by atoms with van der Waals surface area (Å²) in [6.07, 6.45) is 4.31. The monoisotopic (exact) mass is 207 g/mol. The first-order valence-electron chi connectivity index (χ1n) is 5.20. The summed E-state index contributed by atoms with van der Waals surface area (Å²) in [5.41, 5.74) is 0.505. The maximum atomic E-state index is 11.5. The third-order valence-corrected chi connectivity index (χ3v) is 2.81. The van der Waals surface area contributed by atoms with E-state index in [1.165, 1.54) is 0 Å². The number of piperidine rings is 1. The number of nitrogens with zero attached hydrogens (tertiary/aromatic N) is 2. The average Bonchev–Trinajstić information content (AvgIpc) is 2.25. The molecule has 81 valence electrons. The normalized spacial score (nSPS) is 17.1. The lowest BCUT2D eigenvalue weighted by molar-refractivity contribution is 0.667. The highest BCUT2D eigenvalue weighted by Crippen LogP contribution is 2.24. The standard InChI is InChI=1S/C11H15N2O2/c1-12(2)8-9(11(15)10(8)14)13-6-4-3-5-7-13/h4H,3,5-7H2,1-2H3. The van der Waals surface area contributed by atoms with Gasteiger partial charge in [0.2, 0.25) is 0 Å². The predicted molar refractivity (Wildman–Crippen MR) is 61.4 cm³/mol. The van der Waals surface area contributed by atoms with Crippen molar-refractivity contribution in [1.29, 1.82) is 0 Å². The van der Waals surface area contributed by atoms with E-state index in [9.17, 15) is 9.59 Å². The molecule has 0 spiro atoms. The Morgan fingerprint density at radius 2 is 2.00 bits per heavy atom. The molecule has 15 heavy (non-hydrogen) atoms. The third-order valence-electron chi connectivity index (χ3n) is 2.81. The molecule has 4 nitrogen and oxygen atoms in total. The fraction of sp³-hybridized carbons (Fsp3) is 0.545. The van der Waals surface area contributed by atoms with E-state index in [4.69, 9.17) is 0 Å². The molecule has 1 aromatic rings. The highest BCUT2D eigenvalue weighted by Gasteiger charge is 2.27. The zero-order valence-electron chi connectivity index (χ0n) is 9.12. The van der Waals surface area contributed by atoms with Crippen molar-refractivity contribution < 1.29 is 0 Å². The minimum Gasteiger partial charge on any atom is -0.373 e. The molecule has 1 saturated heterocycles. The summed E-state index contributed by atoms with van der Waals surface area (Å²) in [4.78, 5) is 26.6. The lowest BCUT2D eigenvalue weighted by atomic mass is 10.1. The van der Waals surface area contributed by atoms with Gasteiger partial charge in [0.1, 0.15) is 11.4 Å². The lowest BCUT2D eigenvalue weighted by Gasteiger charge is -2.32. The van der Waals surface area contributed by atoms with Gasteiger partial charge in [0, 0.05) is 27.2 Å². The molecule has 2 rings (SSSR count). The minimum absolute atomic E-state index is 0.325. The Morgan fingerprint density at radius 3 is 2.53 bits per heavy atom. The molecule has 1 fully saturated rings. The summed E-state index contributed by atoms with van der Waals surface area (Å²) in [5, 5.41) is 0. The van der Waals surface area contributed by atoms with Crippen LogP contribution in [-0.4, -0.2) is 27.2 Å². The smallest absolute Gasteiger partial charge is 0.253 e. The topological polar surface area (TPSA) is 40.6 Å². The summed E-state index contributed by atoms with van der Waals surface area (Å²) in [7, 11) is 3.60. The molecule has 1 aromatic carbocycles. The zero-order valence-corrected chi connectivity index (χ0v) is 9.12. The molecule has 1 radical (unpaired) electrons. The predicted octanol–water partition coefficient (Wildman–Crippen LogP) is 0.153. The molecule has 1 aliphatic rings. The van der Waals surface area contributed by atoms with E-state index in [0.29, 0.717) is 11.4 Å². The van der Waals surface area contributed by atoms with Crippen molar-refractivity contribution >= 4 is 11.4 Å². The van der Waals surface area contributed by atoms with E-state index in [2.05, 4.69) is 6.42 Å². The van der Waals surface area contributed by atoms with Gasteiger partial charge in [0.05, 0.1) is 0 Å². The number of hydrogen-bond acceptors (Lipinski definition) is 4. The van der Waals surface area contributed by atoms with Crippen LogP contribution in [0.1, 0.15) is 12.8 Å². The van der Waals surface area contributed by atoms with E-state index in [-0.39, 0.29) is 10.9 Å². The van der Waals surface area contributed by atoms with Gasteiger partial charge in [-0.05, 0) is 19.3 Å². The fourth-order valence-electron chi connectivity index (χ4n) is 2.04. The van der Waals surface area contributed by atoms with Gasteiger partial charge in [-0.25, -0.2) is 0 Å². The molecule has 0 aromatic heterocycles. The highest BCUT2D eigenvalue weighted by atomic mass is 16.2. The van der Waals surface area contributed by atoms with E-state index >= 15 is 0 Å². The van der Waals surface area contributed by atoms with Crippen LogP contribution in [0.2, 0.25) is 0 Å². The zero-order chi connectivity index (χ0) is 11.0. The summed E-state index contributed by atoms with van der Waals surface area (Å²) >= 11 is 0. The van der Waals surface area contributed by atoms with Crippen LogP contribution in [0.4, 0.5) is 11.4 Å². The van der Waals surface area contributed by atoms with Crippen molar-refractivity contribution in [3.05, 3.63) is 26.9 Å². The van der Waals surface area contributed by atoms with Crippen LogP contribution in [-0.2, 0) is 0 Å². The van der Waals surface area contributed by atoms with E-state index in [0.717, 1.165) is 25.9 Å². The van der Waals surface area contributed by atoms with Crippen molar-refractivity contribution in [2.75, 3.05) is 37.0 Å². The Hall–Kier alpha value is -1.32. The second-order valence-corrected chi connectivity index (χ2v) is 4.13. The van der Waals surface area contributed by atoms with Gasteiger partial charge in [0.15, 0.2) is 0 Å². The average molecular weight is 207 g/mol. The molecule has 4 heteroatoms. The molecule has 0 atom stereocenters. The Bertz CT molecular complexity index is 424. The van der Waals surface area contributed by atoms with Crippen molar-refractivity contribution in [1.82, 2.24) is 0 Å². The van der Waals surface area contributed by atoms with Crippen LogP contribution >= 0.6 is 0 Å². The fourth-order valence-corrected chi connectivity index (χ4v) is 2.04. The summed E-state index contributed by atoms with van der Waals surface area (Å²) in [5.74, 6) is 0. The van der Waals surface area contributed by atoms with Gasteiger partial charge in [-0.3, -0.25) is 9.59 Å². The lowest BCUT2D eigenvalue weighted by Crippen LogP contribution is -2.46. The van der Waals surface area contributed by atoms with Crippen LogP contribution in [0, 0.1) is 6.42 Å². The first kappa shape index (κ1) is 10.2. The quantitative estimate of drug-likeness (QED) is 0.647. The molecular weight excluding hydrogens is 192 g/mol. The molecular formula is C11H15N2O2. The number of rotatable bonds is 2. The Balaban J connectivity index is 2.31. The van der Waals surface area contributed by atoms with Crippen molar-refractivity contribution in [2.24, 2.45) is 0 Å². The van der Waals surface area contributed by atoms with Gasteiger partial charge >= 0.3 is 0 Å². The SMILES string of the molecule is CN(C)c1c(N2C[CH]CCC2)c(=O)c1=O. The Morgan fingerprint density at radius 1 is 1.27 bits per heavy atom. The molecule has 1 heterocycles. The molecule has 0 aliphatic carbocycles. The van der Waals surface area contributed by atoms with Crippen LogP contribution in [0.25, 0.3) is 0 Å². The molecule has 0 N–H and O–H groups in total. The molecule has 1 aliphatic heterocycles. The summed E-state index contributed by atoms with van der Waals surface area (Å²) in [6.45, 7) is 1.66. The van der Waals surface area contributed by atoms with Crippen molar-refractivity contribution in [3.63, 3.8) is 0 Å². The molecule has 0 amide bonds. The minimum atomic E-state index is -0.347. The van der Waals surface area contributed by atoms with Crippen molar-refractivity contribution in [2.45, 2.75) is 12.8 Å². The maximum Gasteiger partial charge on any atom is 0.253 e. The van der Waals surface area contributed by atoms with Gasteiger partial charge in [-0.2, -0.15) is 0 Å². The van der Waals surface area contributed by atoms with Crippen LogP contribution in [0.15, 0.2) is 9.59 Å². The van der Waals surface area contributed by atoms with Crippen LogP contribution < -0.4 is 20.7 Å². The second-order valence-electron chi connectivity index (χ2n) is 4.13. The molecule has 0 unspecified atom stereocenters. The largest absolute Gasteiger partial charge is 0.373 e. The summed E-state index contributed by atoms with van der Waals surface area (Å²) < 4.78 is 0. The van der Waals surface area contributed by atoms with Crippen LogP contribution in [0.5, 0.6) is 0 Å². The Kier molecular flexibility index (Phi) is 2.50. The maximum absolute atomic E-state index is 11.5. The highest BCUT2D eigenvalue weighted by molar-refractivity contribution is 5.76. The van der Waals surface area contributed by atoms with E-state index in [1.807, 2.05) is 4.90 Å². The van der Waals surface area contributed by atoms with Gasteiger partial charge in [-0.1, -0.05) is 0 Å². The van der Waals surface area contributed by atoms with E-state index < -0.39 is 0 Å².